The van der Waals surface area contributed by atoms with Crippen molar-refractivity contribution in [1.82, 2.24) is 9.13 Å². The molecular weight excluding hydrogens is 860 g/mol. The number of benzene rings is 9. The number of fused-ring (bicyclic) bond motifs is 16. The molecule has 0 fully saturated rings. The molecule has 0 aliphatic carbocycles. The van der Waals surface area contributed by atoms with Crippen LogP contribution >= 0.6 is 23.5 Å². The first-order valence-corrected chi connectivity index (χ1v) is 25.8. The van der Waals surface area contributed by atoms with Gasteiger partial charge in [-0.3, -0.25) is 0 Å². The van der Waals surface area contributed by atoms with Gasteiger partial charge < -0.3 is 9.13 Å². The Bertz CT molecular complexity index is 3780. The minimum atomic E-state index is 0.101. The van der Waals surface area contributed by atoms with Crippen LogP contribution in [0.5, 0.6) is 0 Å². The van der Waals surface area contributed by atoms with Crippen LogP contribution < -0.4 is 16.4 Å². The highest BCUT2D eigenvalue weighted by atomic mass is 32.2. The fourth-order valence-electron chi connectivity index (χ4n) is 12.4. The van der Waals surface area contributed by atoms with E-state index in [4.69, 9.17) is 0 Å². The summed E-state index contributed by atoms with van der Waals surface area (Å²) in [5.74, 6) is 0.135. The van der Waals surface area contributed by atoms with Crippen molar-refractivity contribution in [3.8, 4) is 33.6 Å². The quantitative estimate of drug-likeness (QED) is 0.160. The molecule has 9 aromatic carbocycles. The fourth-order valence-corrected chi connectivity index (χ4v) is 14.7. The van der Waals surface area contributed by atoms with Crippen molar-refractivity contribution in [1.29, 1.82) is 0 Å². The summed E-state index contributed by atoms with van der Waals surface area (Å²) in [6, 6.07) is 66.1. The van der Waals surface area contributed by atoms with Crippen molar-refractivity contribution in [2.75, 3.05) is 0 Å². The third-order valence-corrected chi connectivity index (χ3v) is 18.1. The molecule has 2 aromatic heterocycles. The minimum Gasteiger partial charge on any atom is -0.310 e. The monoisotopic (exact) mass is 906 g/mol. The summed E-state index contributed by atoms with van der Waals surface area (Å²) in [7, 11) is 0. The molecule has 0 spiro atoms. The molecule has 11 aromatic rings. The Morgan fingerprint density at radius 3 is 1.66 bits per heavy atom. The van der Waals surface area contributed by atoms with Crippen LogP contribution in [-0.2, 0) is 10.8 Å². The topological polar surface area (TPSA) is 9.86 Å². The first-order valence-electron chi connectivity index (χ1n) is 24.1. The number of hydrogen-bond acceptors (Lipinski definition) is 2. The lowest BCUT2D eigenvalue weighted by Crippen LogP contribution is -2.58. The number of hydrogen-bond donors (Lipinski definition) is 0. The van der Waals surface area contributed by atoms with Gasteiger partial charge in [0.25, 0.3) is 0 Å². The molecule has 68 heavy (non-hydrogen) atoms. The maximum Gasteiger partial charge on any atom is 0.249 e. The van der Waals surface area contributed by atoms with Crippen LogP contribution in [-0.4, -0.2) is 15.8 Å². The van der Waals surface area contributed by atoms with E-state index in [1.807, 2.05) is 23.5 Å². The van der Waals surface area contributed by atoms with Crippen molar-refractivity contribution < 1.29 is 0 Å². The normalized spacial score (nSPS) is 15.2. The molecule has 0 radical (unpaired) electrons. The van der Waals surface area contributed by atoms with Crippen LogP contribution in [0.4, 0.5) is 0 Å². The Balaban J connectivity index is 1.01. The zero-order valence-electron chi connectivity index (χ0n) is 39.0. The first-order chi connectivity index (χ1) is 33.0. The maximum atomic E-state index is 2.64. The second-order valence-corrected chi connectivity index (χ2v) is 23.8. The smallest absolute Gasteiger partial charge is 0.249 e. The lowest BCUT2D eigenvalue weighted by molar-refractivity contribution is 0.590. The Labute approximate surface area is 406 Å². The molecule has 6 heterocycles. The van der Waals surface area contributed by atoms with E-state index in [1.165, 1.54) is 141 Å². The van der Waals surface area contributed by atoms with Crippen molar-refractivity contribution in [3.63, 3.8) is 0 Å². The van der Waals surface area contributed by atoms with Crippen LogP contribution in [0.3, 0.4) is 0 Å². The standard InChI is InChI=1S/C63H47BN2S2/c1-62(2,3)39-21-15-35(16-22-39)37-19-27-49-46(31-37)57-43-11-7-9-13-53(43)67-55-29-25-41-44-33-45-42-26-30-56-59-61(42)66(52(45)34-51(44)65(49)60(41)58(55)57)50-28-20-38(36-17-23-40(24-18-36)63(4,5)6)32-48(50)64(59)47-12-8-10-14-54(47)68-56/h7-34,57H,1-6H3. The van der Waals surface area contributed by atoms with Crippen LogP contribution in [0, 0.1) is 0 Å². The Morgan fingerprint density at radius 2 is 0.971 bits per heavy atom. The van der Waals surface area contributed by atoms with E-state index in [9.17, 15) is 0 Å². The van der Waals surface area contributed by atoms with Gasteiger partial charge >= 0.3 is 0 Å². The van der Waals surface area contributed by atoms with E-state index >= 15 is 0 Å². The van der Waals surface area contributed by atoms with E-state index in [0.29, 0.717) is 0 Å². The molecule has 15 rings (SSSR count). The lowest BCUT2D eigenvalue weighted by atomic mass is 9.35. The van der Waals surface area contributed by atoms with Crippen LogP contribution in [0.25, 0.3) is 77.2 Å². The molecule has 2 nitrogen and oxygen atoms in total. The number of aromatic nitrogens is 2. The summed E-state index contributed by atoms with van der Waals surface area (Å²) < 4.78 is 5.28. The molecule has 0 amide bonds. The van der Waals surface area contributed by atoms with Gasteiger partial charge in [-0.1, -0.05) is 186 Å². The van der Waals surface area contributed by atoms with E-state index in [2.05, 4.69) is 221 Å². The zero-order chi connectivity index (χ0) is 45.5. The predicted molar refractivity (Wildman–Crippen MR) is 290 cm³/mol. The SMILES string of the molecule is CC(C)(C)c1ccc(-c2ccc3c(c2)B2c4ccccc4Sc4ccc5c6cc7c8ccc9c%10c8n(c7cc6n-3c5c42)-c2ccc(-c3ccc(C(C)(C)C)cc3)cc2C%10c2ccccc2S9)cc1. The lowest BCUT2D eigenvalue weighted by Gasteiger charge is -2.35. The van der Waals surface area contributed by atoms with Gasteiger partial charge in [0, 0.05) is 58.3 Å². The maximum absolute atomic E-state index is 2.64. The van der Waals surface area contributed by atoms with Gasteiger partial charge in [-0.05, 0) is 121 Å². The molecule has 0 N–H and O–H groups in total. The van der Waals surface area contributed by atoms with E-state index in [0.717, 1.165) is 0 Å². The van der Waals surface area contributed by atoms with Crippen LogP contribution in [0.2, 0.25) is 0 Å². The van der Waals surface area contributed by atoms with Crippen LogP contribution in [0.1, 0.15) is 75.3 Å². The molecule has 4 aliphatic rings. The van der Waals surface area contributed by atoms with Gasteiger partial charge in [0.1, 0.15) is 0 Å². The van der Waals surface area contributed by atoms with Gasteiger partial charge in [-0.25, -0.2) is 0 Å². The van der Waals surface area contributed by atoms with Crippen molar-refractivity contribution in [2.45, 2.75) is 77.9 Å². The summed E-state index contributed by atoms with van der Waals surface area (Å²) in [6.45, 7) is 13.9. The molecule has 324 valence electrons. The Kier molecular flexibility index (Phi) is 7.83. The molecule has 0 bridgehead atoms. The summed E-state index contributed by atoms with van der Waals surface area (Å²) in [4.78, 5) is 5.43. The second-order valence-electron chi connectivity index (χ2n) is 21.7. The number of nitrogens with zero attached hydrogens (tertiary/aromatic N) is 2. The molecular formula is C63H47BN2S2. The van der Waals surface area contributed by atoms with E-state index < -0.39 is 0 Å². The molecule has 1 atom stereocenters. The van der Waals surface area contributed by atoms with E-state index in [1.54, 1.807) is 0 Å². The first kappa shape index (κ1) is 39.4. The summed E-state index contributed by atoms with van der Waals surface area (Å²) >= 11 is 3.87. The molecule has 4 aliphatic heterocycles. The average Bonchev–Trinajstić information content (AvgIpc) is 3.86. The van der Waals surface area contributed by atoms with Crippen LogP contribution in [0.15, 0.2) is 189 Å². The van der Waals surface area contributed by atoms with Crippen molar-refractivity contribution in [2.24, 2.45) is 0 Å². The third kappa shape index (κ3) is 5.29. The molecule has 0 saturated heterocycles. The van der Waals surface area contributed by atoms with Gasteiger partial charge in [0.05, 0.1) is 27.8 Å². The Morgan fingerprint density at radius 1 is 0.412 bits per heavy atom. The number of rotatable bonds is 2. The average molecular weight is 907 g/mol. The summed E-state index contributed by atoms with van der Waals surface area (Å²) in [5, 5.41) is 5.29. The molecule has 1 unspecified atom stereocenters. The minimum absolute atomic E-state index is 0.101. The molecule has 0 saturated carbocycles. The summed E-state index contributed by atoms with van der Waals surface area (Å²) in [6.07, 6.45) is 0. The predicted octanol–water partition coefficient (Wildman–Crippen LogP) is 15.1. The highest BCUT2D eigenvalue weighted by Gasteiger charge is 2.41. The second kappa shape index (κ2) is 13.5. The third-order valence-electron chi connectivity index (χ3n) is 15.8. The van der Waals surface area contributed by atoms with Gasteiger partial charge in [0.15, 0.2) is 0 Å². The van der Waals surface area contributed by atoms with Crippen molar-refractivity contribution in [3.05, 3.63) is 198 Å². The summed E-state index contributed by atoms with van der Waals surface area (Å²) in [5.41, 5.74) is 24.2. The van der Waals surface area contributed by atoms with Gasteiger partial charge in [-0.15, -0.1) is 0 Å². The largest absolute Gasteiger partial charge is 0.310 e. The molecule has 5 heteroatoms. The highest BCUT2D eigenvalue weighted by Crippen LogP contribution is 2.57. The van der Waals surface area contributed by atoms with Gasteiger partial charge in [-0.2, -0.15) is 0 Å². The Hall–Kier alpha value is -6.66. The zero-order valence-corrected chi connectivity index (χ0v) is 40.7. The van der Waals surface area contributed by atoms with Crippen molar-refractivity contribution >= 4 is 90.2 Å². The fraction of sp³-hybridized carbons (Fsp3) is 0.143. The van der Waals surface area contributed by atoms with Gasteiger partial charge in [0.2, 0.25) is 6.71 Å². The highest BCUT2D eigenvalue weighted by molar-refractivity contribution is 8.00. The van der Waals surface area contributed by atoms with E-state index in [-0.39, 0.29) is 23.5 Å².